The molecule has 0 bridgehead atoms. The van der Waals surface area contributed by atoms with Gasteiger partial charge in [-0.25, -0.2) is 26.5 Å². The average molecular weight is 510 g/mol. The van der Waals surface area contributed by atoms with Gasteiger partial charge in [-0.1, -0.05) is 0 Å². The van der Waals surface area contributed by atoms with Gasteiger partial charge in [0, 0.05) is 33.2 Å². The van der Waals surface area contributed by atoms with Crippen molar-refractivity contribution in [3.63, 3.8) is 0 Å². The second kappa shape index (κ2) is 9.04. The van der Waals surface area contributed by atoms with E-state index in [0.29, 0.717) is 31.5 Å². The fraction of sp³-hybridized carbons (Fsp3) is 0.600. The van der Waals surface area contributed by atoms with Gasteiger partial charge in [-0.15, -0.1) is 5.10 Å². The van der Waals surface area contributed by atoms with Crippen LogP contribution in [0.5, 0.6) is 5.75 Å². The molecule has 0 amide bonds. The largest absolute Gasteiger partial charge is 0.482 e. The number of piperidine rings is 1. The van der Waals surface area contributed by atoms with Gasteiger partial charge in [0.05, 0.1) is 12.8 Å². The zero-order chi connectivity index (χ0) is 24.8. The second-order valence-corrected chi connectivity index (χ2v) is 10.6. The lowest BCUT2D eigenvalue weighted by atomic mass is 9.90. The topological polar surface area (TPSA) is 80.6 Å². The van der Waals surface area contributed by atoms with Crippen molar-refractivity contribution in [2.45, 2.75) is 37.6 Å². The van der Waals surface area contributed by atoms with Crippen molar-refractivity contribution >= 4 is 10.0 Å². The molecule has 0 atom stereocenters. The van der Waals surface area contributed by atoms with Crippen LogP contribution in [0.1, 0.15) is 36.0 Å². The maximum Gasteiger partial charge on any atom is 0.453 e. The number of benzene rings is 1. The van der Waals surface area contributed by atoms with E-state index in [9.17, 15) is 30.4 Å². The molecule has 1 aromatic carbocycles. The molecule has 8 nitrogen and oxygen atoms in total. The van der Waals surface area contributed by atoms with E-state index >= 15 is 0 Å². The van der Waals surface area contributed by atoms with Gasteiger partial charge in [0.2, 0.25) is 10.0 Å². The van der Waals surface area contributed by atoms with E-state index in [1.165, 1.54) is 23.5 Å². The van der Waals surface area contributed by atoms with Crippen LogP contribution in [0.2, 0.25) is 0 Å². The van der Waals surface area contributed by atoms with Crippen molar-refractivity contribution in [1.82, 2.24) is 24.0 Å². The highest BCUT2D eigenvalue weighted by atomic mass is 32.2. The minimum absolute atomic E-state index is 0.0928. The maximum absolute atomic E-state index is 14.7. The molecule has 3 heterocycles. The van der Waals surface area contributed by atoms with Crippen molar-refractivity contribution < 1.29 is 35.1 Å². The lowest BCUT2D eigenvalue weighted by Gasteiger charge is -2.38. The number of hydrogen-bond donors (Lipinski definition) is 0. The zero-order valence-corrected chi connectivity index (χ0v) is 19.3. The van der Waals surface area contributed by atoms with E-state index in [0.717, 1.165) is 10.9 Å². The van der Waals surface area contributed by atoms with Crippen molar-refractivity contribution in [2.24, 2.45) is 7.05 Å². The first-order valence-corrected chi connectivity index (χ1v) is 12.5. The number of nitrogens with zero attached hydrogens (tertiary/aromatic N) is 5. The summed E-state index contributed by atoms with van der Waals surface area (Å²) in [4.78, 5) is 5.23. The maximum atomic E-state index is 14.7. The summed E-state index contributed by atoms with van der Waals surface area (Å²) in [6.45, 7) is 1.20. The van der Waals surface area contributed by atoms with E-state index in [1.807, 2.05) is 0 Å². The monoisotopic (exact) mass is 509 g/mol. The first-order chi connectivity index (χ1) is 15.8. The molecule has 14 heteroatoms. The fourth-order valence-electron chi connectivity index (χ4n) is 4.22. The number of hydrogen-bond acceptors (Lipinski definition) is 6. The third-order valence-corrected chi connectivity index (χ3v) is 7.40. The Labute approximate surface area is 193 Å². The Morgan fingerprint density at radius 3 is 2.21 bits per heavy atom. The minimum Gasteiger partial charge on any atom is -0.482 e. The van der Waals surface area contributed by atoms with Crippen LogP contribution in [0.4, 0.5) is 22.0 Å². The predicted octanol–water partition coefficient (Wildman–Crippen LogP) is 2.51. The number of rotatable bonds is 6. The molecule has 4 rings (SSSR count). The van der Waals surface area contributed by atoms with Crippen LogP contribution < -0.4 is 4.74 Å². The normalized spacial score (nSPS) is 19.4. The molecule has 1 aromatic heterocycles. The first-order valence-electron chi connectivity index (χ1n) is 10.6. The summed E-state index contributed by atoms with van der Waals surface area (Å²) in [5, 5.41) is 3.36. The molecule has 2 saturated heterocycles. The third kappa shape index (κ3) is 5.33. The van der Waals surface area contributed by atoms with Gasteiger partial charge in [0.25, 0.3) is 5.82 Å². The van der Waals surface area contributed by atoms with E-state index < -0.39 is 45.5 Å². The molecule has 2 aliphatic heterocycles. The van der Waals surface area contributed by atoms with Crippen LogP contribution in [-0.4, -0.2) is 70.9 Å². The highest BCUT2D eigenvalue weighted by Gasteiger charge is 2.38. The smallest absolute Gasteiger partial charge is 0.453 e. The highest BCUT2D eigenvalue weighted by molar-refractivity contribution is 7.88. The van der Waals surface area contributed by atoms with Crippen molar-refractivity contribution in [1.29, 1.82) is 0 Å². The van der Waals surface area contributed by atoms with Gasteiger partial charge in [-0.05, 0) is 36.5 Å². The number of alkyl halides is 3. The quantitative estimate of drug-likeness (QED) is 0.557. The van der Waals surface area contributed by atoms with Crippen LogP contribution in [0.25, 0.3) is 0 Å². The van der Waals surface area contributed by atoms with E-state index in [1.54, 1.807) is 4.90 Å². The number of halogens is 5. The Morgan fingerprint density at radius 2 is 1.71 bits per heavy atom. The zero-order valence-electron chi connectivity index (χ0n) is 18.5. The van der Waals surface area contributed by atoms with E-state index in [-0.39, 0.29) is 31.4 Å². The Hall–Kier alpha value is -2.32. The Bertz CT molecular complexity index is 1130. The van der Waals surface area contributed by atoms with Crippen molar-refractivity contribution in [3.8, 4) is 5.75 Å². The van der Waals surface area contributed by atoms with Gasteiger partial charge in [-0.2, -0.15) is 13.2 Å². The molecule has 0 aliphatic carbocycles. The number of aromatic nitrogens is 3. The van der Waals surface area contributed by atoms with Crippen LogP contribution in [0.3, 0.4) is 0 Å². The lowest BCUT2D eigenvalue weighted by molar-refractivity contribution is -0.145. The van der Waals surface area contributed by atoms with Crippen LogP contribution >= 0.6 is 0 Å². The number of sulfonamides is 1. The number of ether oxygens (including phenoxy) is 1. The summed E-state index contributed by atoms with van der Waals surface area (Å²) < 4.78 is 98.7. The Kier molecular flexibility index (Phi) is 6.59. The number of aryl methyl sites for hydroxylation is 1. The van der Waals surface area contributed by atoms with Gasteiger partial charge in [0.15, 0.2) is 17.4 Å². The lowest BCUT2D eigenvalue weighted by Crippen LogP contribution is -2.53. The molecule has 0 saturated carbocycles. The second-order valence-electron chi connectivity index (χ2n) is 8.66. The predicted molar refractivity (Wildman–Crippen MR) is 110 cm³/mol. The number of likely N-dealkylation sites (tertiary alicyclic amines) is 1. The summed E-state index contributed by atoms with van der Waals surface area (Å²) in [5.74, 6) is -3.45. The highest BCUT2D eigenvalue weighted by Crippen LogP contribution is 2.34. The molecular formula is C20H24F5N5O3S. The van der Waals surface area contributed by atoms with Gasteiger partial charge < -0.3 is 4.74 Å². The molecular weight excluding hydrogens is 485 g/mol. The SMILES string of the molecule is Cn1nc(C(F)(F)F)nc1CN1CC(Oc2c(F)cc(C3CCN(S(C)(=O)=O)CC3)cc2F)C1. The molecule has 0 radical (unpaired) electrons. The molecule has 2 aromatic rings. The summed E-state index contributed by atoms with van der Waals surface area (Å²) in [5.41, 5.74) is 0.452. The summed E-state index contributed by atoms with van der Waals surface area (Å²) in [7, 11) is -1.93. The van der Waals surface area contributed by atoms with Crippen LogP contribution in [0.15, 0.2) is 12.1 Å². The molecule has 0 spiro atoms. The molecule has 2 aliphatic rings. The van der Waals surface area contributed by atoms with Crippen molar-refractivity contribution in [3.05, 3.63) is 41.0 Å². The molecule has 0 unspecified atom stereocenters. The van der Waals surface area contributed by atoms with Gasteiger partial charge in [0.1, 0.15) is 11.9 Å². The molecule has 34 heavy (non-hydrogen) atoms. The molecule has 2 fully saturated rings. The van der Waals surface area contributed by atoms with Crippen LogP contribution in [-0.2, 0) is 29.8 Å². The van der Waals surface area contributed by atoms with Crippen LogP contribution in [0, 0.1) is 11.6 Å². The van der Waals surface area contributed by atoms with E-state index in [4.69, 9.17) is 4.74 Å². The van der Waals surface area contributed by atoms with Crippen molar-refractivity contribution in [2.75, 3.05) is 32.4 Å². The summed E-state index contributed by atoms with van der Waals surface area (Å²) >= 11 is 0. The standard InChI is InChI=1S/C20H24F5N5O3S/c1-28-17(26-19(27-28)20(23,24)25)11-29-9-14(10-29)33-18-15(21)7-13(8-16(18)22)12-3-5-30(6-4-12)34(2,31)32/h7-8,12,14H,3-6,9-11H2,1-2H3. The Morgan fingerprint density at radius 1 is 1.12 bits per heavy atom. The van der Waals surface area contributed by atoms with Gasteiger partial charge >= 0.3 is 6.18 Å². The van der Waals surface area contributed by atoms with Gasteiger partial charge in [-0.3, -0.25) is 9.58 Å². The molecule has 0 N–H and O–H groups in total. The molecule has 188 valence electrons. The third-order valence-electron chi connectivity index (χ3n) is 6.09. The Balaban J connectivity index is 1.33. The van der Waals surface area contributed by atoms with E-state index in [2.05, 4.69) is 10.1 Å². The fourth-order valence-corrected chi connectivity index (χ4v) is 5.09. The minimum atomic E-state index is -4.64. The summed E-state index contributed by atoms with van der Waals surface area (Å²) in [6.07, 6.45) is -3.11. The average Bonchev–Trinajstić information content (AvgIpc) is 3.08. The summed E-state index contributed by atoms with van der Waals surface area (Å²) in [6, 6.07) is 2.43. The first kappa shape index (κ1) is 24.8.